The summed E-state index contributed by atoms with van der Waals surface area (Å²) in [6.07, 6.45) is 8.10. The van der Waals surface area contributed by atoms with Gasteiger partial charge in [0.1, 0.15) is 0 Å². The molecule has 0 fully saturated rings. The molecule has 5 nitrogen and oxygen atoms in total. The molecule has 0 spiro atoms. The number of hydrogen-bond donors (Lipinski definition) is 5. The van der Waals surface area contributed by atoms with Crippen LogP contribution in [0.1, 0.15) is 39.7 Å². The Morgan fingerprint density at radius 1 is 0.870 bits per heavy atom. The van der Waals surface area contributed by atoms with Crippen molar-refractivity contribution in [3.8, 4) is 28.7 Å². The number of phenolic OH excluding ortho intramolecular Hbond substituents is 5. The average molecular weight is 320 g/mol. The van der Waals surface area contributed by atoms with E-state index >= 15 is 0 Å². The molecule has 0 saturated carbocycles. The van der Waals surface area contributed by atoms with E-state index in [9.17, 15) is 25.5 Å². The molecule has 0 saturated heterocycles. The number of benzene rings is 1. The second kappa shape index (κ2) is 7.63. The van der Waals surface area contributed by atoms with Gasteiger partial charge in [-0.05, 0) is 31.8 Å². The predicted molar refractivity (Wildman–Crippen MR) is 90.8 cm³/mol. The van der Waals surface area contributed by atoms with E-state index in [1.54, 1.807) is 13.0 Å². The molecule has 1 aromatic carbocycles. The normalized spacial score (nSPS) is 13.3. The summed E-state index contributed by atoms with van der Waals surface area (Å²) in [5.41, 5.74) is 1.60. The van der Waals surface area contributed by atoms with Crippen LogP contribution in [0.2, 0.25) is 0 Å². The maximum atomic E-state index is 9.84. The fraction of sp³-hybridized carbons (Fsp3) is 0.333. The van der Waals surface area contributed by atoms with Crippen molar-refractivity contribution in [3.63, 3.8) is 0 Å². The van der Waals surface area contributed by atoms with Crippen LogP contribution in [0.15, 0.2) is 29.9 Å². The first-order chi connectivity index (χ1) is 10.7. The van der Waals surface area contributed by atoms with E-state index in [0.717, 1.165) is 0 Å². The highest BCUT2D eigenvalue weighted by Gasteiger charge is 2.23. The van der Waals surface area contributed by atoms with E-state index in [1.165, 1.54) is 5.57 Å². The molecule has 0 aliphatic carbocycles. The van der Waals surface area contributed by atoms with Crippen molar-refractivity contribution in [1.82, 2.24) is 0 Å². The van der Waals surface area contributed by atoms with Crippen LogP contribution >= 0.6 is 0 Å². The summed E-state index contributed by atoms with van der Waals surface area (Å²) < 4.78 is 0. The third-order valence-corrected chi connectivity index (χ3v) is 3.73. The summed E-state index contributed by atoms with van der Waals surface area (Å²) in [5, 5.41) is 48.1. The van der Waals surface area contributed by atoms with Crippen LogP contribution in [0.25, 0.3) is 5.57 Å². The Kier molecular flexibility index (Phi) is 6.13. The Bertz CT molecular complexity index is 637. The molecule has 23 heavy (non-hydrogen) atoms. The minimum atomic E-state index is -0.953. The van der Waals surface area contributed by atoms with Gasteiger partial charge in [0.2, 0.25) is 17.2 Å². The van der Waals surface area contributed by atoms with E-state index in [1.807, 2.05) is 25.2 Å². The maximum Gasteiger partial charge on any atom is 0.208 e. The van der Waals surface area contributed by atoms with Crippen molar-refractivity contribution >= 4 is 5.57 Å². The van der Waals surface area contributed by atoms with Crippen molar-refractivity contribution in [2.75, 3.05) is 0 Å². The highest BCUT2D eigenvalue weighted by molar-refractivity contribution is 5.81. The van der Waals surface area contributed by atoms with Gasteiger partial charge in [-0.3, -0.25) is 0 Å². The Hall–Kier alpha value is -2.56. The van der Waals surface area contributed by atoms with Crippen LogP contribution in [0.3, 0.4) is 0 Å². The minimum Gasteiger partial charge on any atom is -0.504 e. The smallest absolute Gasteiger partial charge is 0.208 e. The highest BCUT2D eigenvalue weighted by Crippen LogP contribution is 2.52. The molecule has 126 valence electrons. The van der Waals surface area contributed by atoms with Gasteiger partial charge >= 0.3 is 0 Å². The summed E-state index contributed by atoms with van der Waals surface area (Å²) in [4.78, 5) is 0. The van der Waals surface area contributed by atoms with Crippen molar-refractivity contribution < 1.29 is 25.5 Å². The molecule has 0 aliphatic rings. The van der Waals surface area contributed by atoms with Crippen LogP contribution in [-0.2, 0) is 0 Å². The molecule has 0 aliphatic heterocycles. The minimum absolute atomic E-state index is 0.111. The van der Waals surface area contributed by atoms with E-state index < -0.39 is 28.7 Å². The Labute approximate surface area is 136 Å². The van der Waals surface area contributed by atoms with Gasteiger partial charge in [-0.15, -0.1) is 0 Å². The predicted octanol–water partition coefficient (Wildman–Crippen LogP) is 4.17. The molecule has 0 amide bonds. The molecule has 0 atom stereocenters. The lowest BCUT2D eigenvalue weighted by molar-refractivity contribution is 0.327. The van der Waals surface area contributed by atoms with Crippen molar-refractivity contribution in [1.29, 1.82) is 0 Å². The largest absolute Gasteiger partial charge is 0.504 e. The lowest BCUT2D eigenvalue weighted by Crippen LogP contribution is -1.87. The van der Waals surface area contributed by atoms with Gasteiger partial charge in [-0.2, -0.15) is 0 Å². The first kappa shape index (κ1) is 18.5. The monoisotopic (exact) mass is 320 g/mol. The van der Waals surface area contributed by atoms with Crippen LogP contribution in [-0.4, -0.2) is 25.5 Å². The molecular weight excluding hydrogens is 296 g/mol. The molecule has 0 bridgehead atoms. The third kappa shape index (κ3) is 4.22. The maximum absolute atomic E-state index is 9.84. The number of rotatable bonds is 5. The SMILES string of the molecule is C/C(=C\C/C=C/C=C(\C)C(C)C)c1c(O)c(O)c(O)c(O)c1O. The van der Waals surface area contributed by atoms with Gasteiger partial charge < -0.3 is 25.5 Å². The fourth-order valence-electron chi connectivity index (χ4n) is 1.90. The summed E-state index contributed by atoms with van der Waals surface area (Å²) in [5.74, 6) is -3.56. The number of phenols is 5. The van der Waals surface area contributed by atoms with E-state index in [4.69, 9.17) is 0 Å². The number of aromatic hydroxyl groups is 5. The number of hydrogen-bond acceptors (Lipinski definition) is 5. The zero-order valence-corrected chi connectivity index (χ0v) is 13.8. The van der Waals surface area contributed by atoms with Crippen LogP contribution < -0.4 is 0 Å². The Morgan fingerprint density at radius 3 is 1.83 bits per heavy atom. The van der Waals surface area contributed by atoms with Crippen LogP contribution in [0.5, 0.6) is 28.7 Å². The van der Waals surface area contributed by atoms with Crippen molar-refractivity contribution in [2.24, 2.45) is 5.92 Å². The molecule has 0 radical (unpaired) electrons. The van der Waals surface area contributed by atoms with Crippen LogP contribution in [0, 0.1) is 5.92 Å². The van der Waals surface area contributed by atoms with Gasteiger partial charge in [0, 0.05) is 0 Å². The lowest BCUT2D eigenvalue weighted by Gasteiger charge is -2.12. The topological polar surface area (TPSA) is 101 Å². The molecule has 0 aromatic heterocycles. The zero-order chi connectivity index (χ0) is 17.7. The van der Waals surface area contributed by atoms with Gasteiger partial charge in [0.25, 0.3) is 0 Å². The van der Waals surface area contributed by atoms with E-state index in [-0.39, 0.29) is 5.56 Å². The summed E-state index contributed by atoms with van der Waals surface area (Å²) >= 11 is 0. The Balaban J connectivity index is 3.01. The van der Waals surface area contributed by atoms with Gasteiger partial charge in [-0.25, -0.2) is 0 Å². The second-order valence-corrected chi connectivity index (χ2v) is 5.73. The van der Waals surface area contributed by atoms with Gasteiger partial charge in [0.05, 0.1) is 5.56 Å². The molecule has 1 aromatic rings. The number of allylic oxidation sites excluding steroid dienone is 6. The molecule has 5 N–H and O–H groups in total. The molecule has 0 heterocycles. The highest BCUT2D eigenvalue weighted by atomic mass is 16.4. The zero-order valence-electron chi connectivity index (χ0n) is 13.8. The molecule has 0 unspecified atom stereocenters. The standard InChI is InChI=1S/C18H24O5/c1-10(2)11(3)8-6-5-7-9-12(4)13-14(19)16(21)18(23)17(22)15(13)20/h5-6,8-10,19-23H,7H2,1-4H3/b6-5+,11-8+,12-9+. The molecule has 1 rings (SSSR count). The lowest BCUT2D eigenvalue weighted by atomic mass is 10.0. The quantitative estimate of drug-likeness (QED) is 0.318. The van der Waals surface area contributed by atoms with E-state index in [2.05, 4.69) is 13.8 Å². The summed E-state index contributed by atoms with van der Waals surface area (Å²) in [6.45, 7) is 7.89. The molecular formula is C18H24O5. The average Bonchev–Trinajstić information content (AvgIpc) is 2.50. The second-order valence-electron chi connectivity index (χ2n) is 5.73. The van der Waals surface area contributed by atoms with Crippen molar-refractivity contribution in [3.05, 3.63) is 35.4 Å². The Morgan fingerprint density at radius 2 is 1.35 bits per heavy atom. The third-order valence-electron chi connectivity index (χ3n) is 3.73. The molecule has 5 heteroatoms. The first-order valence-electron chi connectivity index (χ1n) is 7.37. The fourth-order valence-corrected chi connectivity index (χ4v) is 1.90. The first-order valence-corrected chi connectivity index (χ1v) is 7.37. The van der Waals surface area contributed by atoms with Gasteiger partial charge in [0.15, 0.2) is 11.5 Å². The van der Waals surface area contributed by atoms with Crippen LogP contribution in [0.4, 0.5) is 0 Å². The summed E-state index contributed by atoms with van der Waals surface area (Å²) in [6, 6.07) is 0. The van der Waals surface area contributed by atoms with Crippen molar-refractivity contribution in [2.45, 2.75) is 34.1 Å². The van der Waals surface area contributed by atoms with Gasteiger partial charge in [-0.1, -0.05) is 43.7 Å². The van der Waals surface area contributed by atoms with E-state index in [0.29, 0.717) is 17.9 Å². The summed E-state index contributed by atoms with van der Waals surface area (Å²) in [7, 11) is 0.